The molecule has 98 valence electrons. The molecule has 1 aliphatic heterocycles. The van der Waals surface area contributed by atoms with E-state index in [9.17, 15) is 4.79 Å². The van der Waals surface area contributed by atoms with E-state index in [2.05, 4.69) is 10.1 Å². The summed E-state index contributed by atoms with van der Waals surface area (Å²) in [5.74, 6) is 0.637. The first-order valence-electron chi connectivity index (χ1n) is 6.31. The van der Waals surface area contributed by atoms with Gasteiger partial charge in [-0.25, -0.2) is 0 Å². The number of piperidine rings is 1. The van der Waals surface area contributed by atoms with Crippen LogP contribution >= 0.6 is 0 Å². The number of benzene rings is 1. The van der Waals surface area contributed by atoms with Gasteiger partial charge in [0.15, 0.2) is 0 Å². The molecule has 1 heterocycles. The van der Waals surface area contributed by atoms with Crippen LogP contribution in [0.1, 0.15) is 18.4 Å². The number of hydrogen-bond donors (Lipinski definition) is 1. The monoisotopic (exact) mass is 249 g/mol. The molecule has 1 atom stereocenters. The Labute approximate surface area is 107 Å². The van der Waals surface area contributed by atoms with E-state index in [-0.39, 0.29) is 12.1 Å². The van der Waals surface area contributed by atoms with Gasteiger partial charge in [0, 0.05) is 6.54 Å². The molecule has 1 N–H and O–H groups in total. The van der Waals surface area contributed by atoms with Crippen LogP contribution in [0.25, 0.3) is 0 Å². The highest BCUT2D eigenvalue weighted by Crippen LogP contribution is 2.17. The van der Waals surface area contributed by atoms with Crippen molar-refractivity contribution >= 4 is 5.97 Å². The minimum absolute atomic E-state index is 0.222. The van der Waals surface area contributed by atoms with Crippen molar-refractivity contribution < 1.29 is 14.3 Å². The van der Waals surface area contributed by atoms with Crippen molar-refractivity contribution in [3.8, 4) is 5.75 Å². The van der Waals surface area contributed by atoms with Crippen LogP contribution in [0.15, 0.2) is 24.3 Å². The Morgan fingerprint density at radius 1 is 1.39 bits per heavy atom. The quantitative estimate of drug-likeness (QED) is 0.822. The normalized spacial score (nSPS) is 19.3. The van der Waals surface area contributed by atoms with Crippen LogP contribution in [0, 0.1) is 0 Å². The van der Waals surface area contributed by atoms with E-state index < -0.39 is 0 Å². The fourth-order valence-corrected chi connectivity index (χ4v) is 2.04. The molecule has 0 aliphatic carbocycles. The van der Waals surface area contributed by atoms with E-state index >= 15 is 0 Å². The number of carbonyl (C=O) groups is 1. The van der Waals surface area contributed by atoms with Crippen molar-refractivity contribution in [2.45, 2.75) is 25.4 Å². The summed E-state index contributed by atoms with van der Waals surface area (Å²) < 4.78 is 10.5. The molecule has 4 nitrogen and oxygen atoms in total. The first-order valence-corrected chi connectivity index (χ1v) is 6.31. The van der Waals surface area contributed by atoms with Crippen LogP contribution in [0.5, 0.6) is 5.75 Å². The average molecular weight is 249 g/mol. The maximum absolute atomic E-state index is 11.1. The molecule has 1 aromatic rings. The minimum Gasteiger partial charge on any atom is -0.489 e. The summed E-state index contributed by atoms with van der Waals surface area (Å²) >= 11 is 0. The lowest BCUT2D eigenvalue weighted by molar-refractivity contribution is -0.139. The number of rotatable bonds is 4. The fraction of sp³-hybridized carbons (Fsp3) is 0.500. The highest BCUT2D eigenvalue weighted by molar-refractivity contribution is 5.72. The molecular formula is C14H19NO3. The van der Waals surface area contributed by atoms with E-state index in [0.29, 0.717) is 6.42 Å². The second-order valence-electron chi connectivity index (χ2n) is 4.48. The van der Waals surface area contributed by atoms with Crippen molar-refractivity contribution in [1.29, 1.82) is 0 Å². The number of carbonyl (C=O) groups excluding carboxylic acids is 1. The van der Waals surface area contributed by atoms with Gasteiger partial charge in [0.2, 0.25) is 0 Å². The van der Waals surface area contributed by atoms with Crippen molar-refractivity contribution in [2.24, 2.45) is 0 Å². The molecular weight excluding hydrogens is 230 g/mol. The molecule has 2 rings (SSSR count). The van der Waals surface area contributed by atoms with E-state index in [1.54, 1.807) is 0 Å². The van der Waals surface area contributed by atoms with E-state index in [1.807, 2.05) is 24.3 Å². The molecule has 1 unspecified atom stereocenters. The van der Waals surface area contributed by atoms with Gasteiger partial charge in [0.1, 0.15) is 11.9 Å². The van der Waals surface area contributed by atoms with E-state index in [1.165, 1.54) is 7.11 Å². The van der Waals surface area contributed by atoms with Gasteiger partial charge in [0.05, 0.1) is 13.5 Å². The Morgan fingerprint density at radius 2 is 2.17 bits per heavy atom. The highest BCUT2D eigenvalue weighted by Gasteiger charge is 2.14. The maximum Gasteiger partial charge on any atom is 0.309 e. The molecule has 4 heteroatoms. The number of ether oxygens (including phenoxy) is 2. The number of hydrogen-bond acceptors (Lipinski definition) is 4. The van der Waals surface area contributed by atoms with Crippen LogP contribution in [-0.4, -0.2) is 32.3 Å². The SMILES string of the molecule is COC(=O)Cc1ccc(OC2CCCNC2)cc1. The smallest absolute Gasteiger partial charge is 0.309 e. The maximum atomic E-state index is 11.1. The van der Waals surface area contributed by atoms with Gasteiger partial charge in [-0.2, -0.15) is 0 Å². The Hall–Kier alpha value is -1.55. The Kier molecular flexibility index (Phi) is 4.59. The first-order chi connectivity index (χ1) is 8.78. The van der Waals surface area contributed by atoms with Crippen molar-refractivity contribution in [3.05, 3.63) is 29.8 Å². The summed E-state index contributed by atoms with van der Waals surface area (Å²) in [6.45, 7) is 1.99. The number of methoxy groups -OCH3 is 1. The standard InChI is InChI=1S/C14H19NO3/c1-17-14(16)9-11-4-6-12(7-5-11)18-13-3-2-8-15-10-13/h4-7,13,15H,2-3,8-10H2,1H3. The molecule has 1 saturated heterocycles. The Morgan fingerprint density at radius 3 is 2.78 bits per heavy atom. The second-order valence-corrected chi connectivity index (χ2v) is 4.48. The van der Waals surface area contributed by atoms with Crippen LogP contribution in [0.4, 0.5) is 0 Å². The van der Waals surface area contributed by atoms with Gasteiger partial charge in [-0.3, -0.25) is 4.79 Å². The third-order valence-corrected chi connectivity index (χ3v) is 3.05. The van der Waals surface area contributed by atoms with Crippen LogP contribution in [-0.2, 0) is 16.0 Å². The highest BCUT2D eigenvalue weighted by atomic mass is 16.5. The molecule has 1 aromatic carbocycles. The van der Waals surface area contributed by atoms with Gasteiger partial charge in [-0.15, -0.1) is 0 Å². The molecule has 1 aliphatic rings. The number of nitrogens with one attached hydrogen (secondary N) is 1. The lowest BCUT2D eigenvalue weighted by Crippen LogP contribution is -2.37. The summed E-state index contributed by atoms with van der Waals surface area (Å²) in [5, 5.41) is 3.31. The van der Waals surface area contributed by atoms with Crippen molar-refractivity contribution in [2.75, 3.05) is 20.2 Å². The molecule has 18 heavy (non-hydrogen) atoms. The third-order valence-electron chi connectivity index (χ3n) is 3.05. The van der Waals surface area contributed by atoms with Gasteiger partial charge >= 0.3 is 5.97 Å². The molecule has 0 saturated carbocycles. The molecule has 0 bridgehead atoms. The molecule has 0 aromatic heterocycles. The topological polar surface area (TPSA) is 47.6 Å². The van der Waals surface area contributed by atoms with Crippen LogP contribution < -0.4 is 10.1 Å². The van der Waals surface area contributed by atoms with Crippen molar-refractivity contribution in [3.63, 3.8) is 0 Å². The zero-order chi connectivity index (χ0) is 12.8. The van der Waals surface area contributed by atoms with Gasteiger partial charge in [-0.05, 0) is 37.1 Å². The third kappa shape index (κ3) is 3.74. The fourth-order valence-electron chi connectivity index (χ4n) is 2.04. The van der Waals surface area contributed by atoms with Crippen molar-refractivity contribution in [1.82, 2.24) is 5.32 Å². The average Bonchev–Trinajstić information content (AvgIpc) is 2.42. The summed E-state index contributed by atoms with van der Waals surface area (Å²) in [5.41, 5.74) is 0.941. The zero-order valence-electron chi connectivity index (χ0n) is 10.6. The second kappa shape index (κ2) is 6.40. The van der Waals surface area contributed by atoms with Crippen LogP contribution in [0.2, 0.25) is 0 Å². The minimum atomic E-state index is -0.222. The molecule has 1 fully saturated rings. The Balaban J connectivity index is 1.88. The Bertz CT molecular complexity index is 383. The lowest BCUT2D eigenvalue weighted by Gasteiger charge is -2.23. The summed E-state index contributed by atoms with van der Waals surface area (Å²) in [4.78, 5) is 11.1. The van der Waals surface area contributed by atoms with Gasteiger partial charge in [0.25, 0.3) is 0 Å². The molecule has 0 radical (unpaired) electrons. The number of esters is 1. The van der Waals surface area contributed by atoms with E-state index in [4.69, 9.17) is 4.74 Å². The summed E-state index contributed by atoms with van der Waals surface area (Å²) in [7, 11) is 1.40. The summed E-state index contributed by atoms with van der Waals surface area (Å²) in [6.07, 6.45) is 2.81. The molecule has 0 spiro atoms. The van der Waals surface area contributed by atoms with Gasteiger partial charge in [-0.1, -0.05) is 12.1 Å². The first kappa shape index (κ1) is 12.9. The lowest BCUT2D eigenvalue weighted by atomic mass is 10.1. The largest absolute Gasteiger partial charge is 0.489 e. The molecule has 0 amide bonds. The predicted octanol–water partition coefficient (Wildman–Crippen LogP) is 1.53. The predicted molar refractivity (Wildman–Crippen MR) is 68.7 cm³/mol. The van der Waals surface area contributed by atoms with E-state index in [0.717, 1.165) is 37.2 Å². The summed E-state index contributed by atoms with van der Waals surface area (Å²) in [6, 6.07) is 7.63. The zero-order valence-corrected chi connectivity index (χ0v) is 10.6. The van der Waals surface area contributed by atoms with Gasteiger partial charge < -0.3 is 14.8 Å². The van der Waals surface area contributed by atoms with Crippen LogP contribution in [0.3, 0.4) is 0 Å².